The Morgan fingerprint density at radius 2 is 2.25 bits per heavy atom. The first kappa shape index (κ1) is 9.52. The zero-order chi connectivity index (χ0) is 9.03. The van der Waals surface area contributed by atoms with Gasteiger partial charge < -0.3 is 10.5 Å². The molecule has 70 valence electrons. The molecular formula is C9H17NO2. The van der Waals surface area contributed by atoms with Gasteiger partial charge in [0.1, 0.15) is 0 Å². The third-order valence-electron chi connectivity index (χ3n) is 2.64. The van der Waals surface area contributed by atoms with Gasteiger partial charge >= 0.3 is 5.97 Å². The fourth-order valence-electron chi connectivity index (χ4n) is 1.72. The number of hydrogen-bond donors (Lipinski definition) is 1. The molecule has 0 aromatic heterocycles. The van der Waals surface area contributed by atoms with Gasteiger partial charge in [-0.1, -0.05) is 6.42 Å². The van der Waals surface area contributed by atoms with Crippen LogP contribution in [0.1, 0.15) is 32.6 Å². The van der Waals surface area contributed by atoms with Crippen molar-refractivity contribution < 1.29 is 9.53 Å². The van der Waals surface area contributed by atoms with E-state index >= 15 is 0 Å². The van der Waals surface area contributed by atoms with Crippen LogP contribution in [-0.2, 0) is 9.53 Å². The van der Waals surface area contributed by atoms with Crippen LogP contribution in [0.25, 0.3) is 0 Å². The summed E-state index contributed by atoms with van der Waals surface area (Å²) in [5.74, 6) is -0.0401. The number of hydrogen-bond acceptors (Lipinski definition) is 3. The lowest BCUT2D eigenvalue weighted by Gasteiger charge is -2.38. The van der Waals surface area contributed by atoms with Crippen LogP contribution >= 0.6 is 0 Å². The van der Waals surface area contributed by atoms with E-state index in [1.807, 2.05) is 6.92 Å². The van der Waals surface area contributed by atoms with Crippen molar-refractivity contribution in [3.8, 4) is 0 Å². The van der Waals surface area contributed by atoms with Gasteiger partial charge in [0.2, 0.25) is 0 Å². The van der Waals surface area contributed by atoms with Crippen LogP contribution in [0.5, 0.6) is 0 Å². The maximum atomic E-state index is 11.5. The summed E-state index contributed by atoms with van der Waals surface area (Å²) in [7, 11) is 0. The first-order valence-electron chi connectivity index (χ1n) is 4.62. The minimum absolute atomic E-state index is 0.0401. The third-order valence-corrected chi connectivity index (χ3v) is 2.64. The van der Waals surface area contributed by atoms with E-state index in [0.717, 1.165) is 25.7 Å². The van der Waals surface area contributed by atoms with E-state index in [2.05, 4.69) is 0 Å². The topological polar surface area (TPSA) is 52.3 Å². The van der Waals surface area contributed by atoms with Gasteiger partial charge in [0.15, 0.2) is 0 Å². The Morgan fingerprint density at radius 3 is 2.58 bits per heavy atom. The van der Waals surface area contributed by atoms with Crippen LogP contribution in [0, 0.1) is 5.41 Å². The van der Waals surface area contributed by atoms with Gasteiger partial charge in [-0.25, -0.2) is 0 Å². The van der Waals surface area contributed by atoms with Crippen LogP contribution in [0.3, 0.4) is 0 Å². The van der Waals surface area contributed by atoms with Crippen molar-refractivity contribution in [2.24, 2.45) is 11.1 Å². The third kappa shape index (κ3) is 1.61. The molecule has 0 aromatic rings. The lowest BCUT2D eigenvalue weighted by Crippen LogP contribution is -2.41. The predicted molar refractivity (Wildman–Crippen MR) is 46.6 cm³/mol. The molecule has 0 unspecified atom stereocenters. The highest BCUT2D eigenvalue weighted by atomic mass is 16.5. The van der Waals surface area contributed by atoms with E-state index in [4.69, 9.17) is 10.5 Å². The van der Waals surface area contributed by atoms with Gasteiger partial charge in [-0.2, -0.15) is 0 Å². The molecular weight excluding hydrogens is 154 g/mol. The van der Waals surface area contributed by atoms with E-state index < -0.39 is 0 Å². The first-order chi connectivity index (χ1) is 5.75. The molecule has 1 aliphatic carbocycles. The van der Waals surface area contributed by atoms with E-state index in [0.29, 0.717) is 13.2 Å². The molecule has 3 heteroatoms. The second-order valence-electron chi connectivity index (χ2n) is 3.39. The SMILES string of the molecule is CCOC(=O)C1(CCN)CCC1. The fraction of sp³-hybridized carbons (Fsp3) is 0.889. The number of carbonyl (C=O) groups excluding carboxylic acids is 1. The lowest BCUT2D eigenvalue weighted by atomic mass is 9.66. The summed E-state index contributed by atoms with van der Waals surface area (Å²) >= 11 is 0. The number of ether oxygens (including phenoxy) is 1. The summed E-state index contributed by atoms with van der Waals surface area (Å²) in [5.41, 5.74) is 5.25. The van der Waals surface area contributed by atoms with E-state index in [1.165, 1.54) is 0 Å². The average Bonchev–Trinajstić information content (AvgIpc) is 1.97. The fourth-order valence-corrected chi connectivity index (χ4v) is 1.72. The van der Waals surface area contributed by atoms with Crippen molar-refractivity contribution in [3.05, 3.63) is 0 Å². The van der Waals surface area contributed by atoms with Crippen molar-refractivity contribution in [1.29, 1.82) is 0 Å². The molecule has 1 aliphatic rings. The van der Waals surface area contributed by atoms with E-state index in [9.17, 15) is 4.79 Å². The maximum absolute atomic E-state index is 11.5. The van der Waals surface area contributed by atoms with Crippen LogP contribution in [0.2, 0.25) is 0 Å². The number of carbonyl (C=O) groups is 1. The van der Waals surface area contributed by atoms with Gasteiger partial charge in [-0.15, -0.1) is 0 Å². The molecule has 0 spiro atoms. The standard InChI is InChI=1S/C9H17NO2/c1-2-12-8(11)9(6-7-10)4-3-5-9/h2-7,10H2,1H3. The molecule has 2 N–H and O–H groups in total. The Bertz CT molecular complexity index is 164. The number of nitrogens with two attached hydrogens (primary N) is 1. The van der Waals surface area contributed by atoms with Crippen molar-refractivity contribution in [2.75, 3.05) is 13.2 Å². The van der Waals surface area contributed by atoms with Crippen molar-refractivity contribution in [1.82, 2.24) is 0 Å². The largest absolute Gasteiger partial charge is 0.466 e. The number of esters is 1. The van der Waals surface area contributed by atoms with Crippen LogP contribution < -0.4 is 5.73 Å². The molecule has 0 aliphatic heterocycles. The van der Waals surface area contributed by atoms with Crippen molar-refractivity contribution in [2.45, 2.75) is 32.6 Å². The monoisotopic (exact) mass is 171 g/mol. The summed E-state index contributed by atoms with van der Waals surface area (Å²) < 4.78 is 5.01. The molecule has 0 heterocycles. The minimum atomic E-state index is -0.204. The normalized spacial score (nSPS) is 19.8. The maximum Gasteiger partial charge on any atom is 0.312 e. The molecule has 0 radical (unpaired) electrons. The Hall–Kier alpha value is -0.570. The van der Waals surface area contributed by atoms with Gasteiger partial charge in [0.05, 0.1) is 12.0 Å². The molecule has 0 bridgehead atoms. The molecule has 0 aromatic carbocycles. The van der Waals surface area contributed by atoms with Crippen molar-refractivity contribution >= 4 is 5.97 Å². The molecule has 3 nitrogen and oxygen atoms in total. The van der Waals surface area contributed by atoms with Gasteiger partial charge in [0.25, 0.3) is 0 Å². The Kier molecular flexibility index (Phi) is 3.09. The molecule has 1 rings (SSSR count). The number of rotatable bonds is 4. The van der Waals surface area contributed by atoms with Crippen LogP contribution in [0.15, 0.2) is 0 Å². The summed E-state index contributed by atoms with van der Waals surface area (Å²) in [4.78, 5) is 11.5. The Labute approximate surface area is 73.3 Å². The highest BCUT2D eigenvalue weighted by Crippen LogP contribution is 2.44. The molecule has 0 saturated heterocycles. The highest BCUT2D eigenvalue weighted by molar-refractivity contribution is 5.77. The van der Waals surface area contributed by atoms with E-state index in [-0.39, 0.29) is 11.4 Å². The Morgan fingerprint density at radius 1 is 1.58 bits per heavy atom. The zero-order valence-corrected chi connectivity index (χ0v) is 7.64. The highest BCUT2D eigenvalue weighted by Gasteiger charge is 2.44. The summed E-state index contributed by atoms with van der Waals surface area (Å²) in [6.45, 7) is 2.90. The quantitative estimate of drug-likeness (QED) is 0.644. The van der Waals surface area contributed by atoms with Crippen LogP contribution in [0.4, 0.5) is 0 Å². The smallest absolute Gasteiger partial charge is 0.312 e. The Balaban J connectivity index is 2.47. The molecule has 12 heavy (non-hydrogen) atoms. The lowest BCUT2D eigenvalue weighted by molar-refractivity contribution is -0.161. The molecule has 1 saturated carbocycles. The minimum Gasteiger partial charge on any atom is -0.466 e. The zero-order valence-electron chi connectivity index (χ0n) is 7.64. The molecule has 0 amide bonds. The molecule has 1 fully saturated rings. The van der Waals surface area contributed by atoms with Gasteiger partial charge in [0, 0.05) is 0 Å². The first-order valence-corrected chi connectivity index (χ1v) is 4.62. The summed E-state index contributed by atoms with van der Waals surface area (Å²) in [6.07, 6.45) is 3.84. The average molecular weight is 171 g/mol. The second-order valence-corrected chi connectivity index (χ2v) is 3.39. The van der Waals surface area contributed by atoms with E-state index in [1.54, 1.807) is 0 Å². The van der Waals surface area contributed by atoms with Gasteiger partial charge in [-0.3, -0.25) is 4.79 Å². The van der Waals surface area contributed by atoms with Crippen molar-refractivity contribution in [3.63, 3.8) is 0 Å². The predicted octanol–water partition coefficient (Wildman–Crippen LogP) is 1.07. The second kappa shape index (κ2) is 3.90. The van der Waals surface area contributed by atoms with Gasteiger partial charge in [-0.05, 0) is 32.7 Å². The van der Waals surface area contributed by atoms with Crippen LogP contribution in [-0.4, -0.2) is 19.1 Å². The summed E-state index contributed by atoms with van der Waals surface area (Å²) in [6, 6.07) is 0. The molecule has 0 atom stereocenters. The summed E-state index contributed by atoms with van der Waals surface area (Å²) in [5, 5.41) is 0.